The van der Waals surface area contributed by atoms with Crippen LogP contribution in [-0.4, -0.2) is 15.3 Å². The van der Waals surface area contributed by atoms with Crippen molar-refractivity contribution < 1.29 is 0 Å². The molecule has 1 aromatic heterocycles. The Labute approximate surface area is 123 Å². The maximum atomic E-state index is 4.64. The molecule has 3 rings (SSSR count). The molecular formula is C17H29N3. The number of nitrogens with one attached hydrogen (secondary N) is 1. The second kappa shape index (κ2) is 5.18. The molecule has 2 saturated carbocycles. The van der Waals surface area contributed by atoms with Crippen LogP contribution in [0.25, 0.3) is 0 Å². The SMILES string of the molecule is Cc1c(CNC(C)(C)C)cnn1CC1CC2CCC1C2. The Bertz CT molecular complexity index is 469. The highest BCUT2D eigenvalue weighted by atomic mass is 15.3. The fraction of sp³-hybridized carbons (Fsp3) is 0.824. The summed E-state index contributed by atoms with van der Waals surface area (Å²) in [5, 5.41) is 8.20. The van der Waals surface area contributed by atoms with Gasteiger partial charge in [-0.3, -0.25) is 4.68 Å². The summed E-state index contributed by atoms with van der Waals surface area (Å²) in [6.45, 7) is 10.9. The smallest absolute Gasteiger partial charge is 0.0537 e. The van der Waals surface area contributed by atoms with E-state index in [1.165, 1.54) is 36.9 Å². The molecule has 3 atom stereocenters. The highest BCUT2D eigenvalue weighted by Gasteiger charge is 2.39. The van der Waals surface area contributed by atoms with Crippen molar-refractivity contribution in [3.8, 4) is 0 Å². The molecule has 1 aromatic rings. The zero-order valence-electron chi connectivity index (χ0n) is 13.4. The van der Waals surface area contributed by atoms with E-state index in [4.69, 9.17) is 0 Å². The van der Waals surface area contributed by atoms with Crippen molar-refractivity contribution >= 4 is 0 Å². The lowest BCUT2D eigenvalue weighted by molar-refractivity contribution is 0.283. The number of aromatic nitrogens is 2. The second-order valence-corrected chi connectivity index (χ2v) is 7.98. The Morgan fingerprint density at radius 3 is 2.70 bits per heavy atom. The predicted octanol–water partition coefficient (Wildman–Crippen LogP) is 3.52. The third kappa shape index (κ3) is 2.93. The molecule has 2 aliphatic carbocycles. The van der Waals surface area contributed by atoms with Gasteiger partial charge in [0.15, 0.2) is 0 Å². The summed E-state index contributed by atoms with van der Waals surface area (Å²) in [7, 11) is 0. The number of fused-ring (bicyclic) bond motifs is 2. The van der Waals surface area contributed by atoms with Crippen molar-refractivity contribution in [3.05, 3.63) is 17.5 Å². The molecule has 112 valence electrons. The van der Waals surface area contributed by atoms with Crippen molar-refractivity contribution in [1.82, 2.24) is 15.1 Å². The lowest BCUT2D eigenvalue weighted by Gasteiger charge is -2.22. The summed E-state index contributed by atoms with van der Waals surface area (Å²) in [5.74, 6) is 2.90. The van der Waals surface area contributed by atoms with Crippen molar-refractivity contribution in [3.63, 3.8) is 0 Å². The average Bonchev–Trinajstić information content (AvgIpc) is 3.04. The minimum absolute atomic E-state index is 0.166. The van der Waals surface area contributed by atoms with Crippen LogP contribution >= 0.6 is 0 Å². The quantitative estimate of drug-likeness (QED) is 0.911. The molecule has 0 saturated heterocycles. The van der Waals surface area contributed by atoms with Crippen LogP contribution in [0.1, 0.15) is 57.7 Å². The summed E-state index contributed by atoms with van der Waals surface area (Å²) in [6, 6.07) is 0. The van der Waals surface area contributed by atoms with E-state index in [9.17, 15) is 0 Å². The Morgan fingerprint density at radius 1 is 1.30 bits per heavy atom. The van der Waals surface area contributed by atoms with Gasteiger partial charge in [-0.15, -0.1) is 0 Å². The first-order valence-corrected chi connectivity index (χ1v) is 8.18. The fourth-order valence-corrected chi connectivity index (χ4v) is 4.03. The van der Waals surface area contributed by atoms with Crippen LogP contribution < -0.4 is 5.32 Å². The summed E-state index contributed by atoms with van der Waals surface area (Å²) in [6.07, 6.45) is 7.94. The van der Waals surface area contributed by atoms with E-state index in [0.29, 0.717) is 0 Å². The summed E-state index contributed by atoms with van der Waals surface area (Å²) in [5.41, 5.74) is 2.87. The van der Waals surface area contributed by atoms with Gasteiger partial charge in [0.05, 0.1) is 6.20 Å². The molecule has 1 N–H and O–H groups in total. The molecule has 2 aliphatic rings. The third-order valence-electron chi connectivity index (χ3n) is 5.31. The minimum atomic E-state index is 0.166. The van der Waals surface area contributed by atoms with Crippen LogP contribution in [-0.2, 0) is 13.1 Å². The summed E-state index contributed by atoms with van der Waals surface area (Å²) in [4.78, 5) is 0. The molecule has 3 heteroatoms. The molecule has 0 spiro atoms. The Balaban J connectivity index is 1.62. The minimum Gasteiger partial charge on any atom is -0.308 e. The van der Waals surface area contributed by atoms with Crippen LogP contribution in [0, 0.1) is 24.7 Å². The molecule has 0 aliphatic heterocycles. The number of hydrogen-bond donors (Lipinski definition) is 1. The van der Waals surface area contributed by atoms with Gasteiger partial charge >= 0.3 is 0 Å². The van der Waals surface area contributed by atoms with Gasteiger partial charge in [0.1, 0.15) is 0 Å². The molecule has 0 amide bonds. The maximum Gasteiger partial charge on any atom is 0.0537 e. The number of nitrogens with zero attached hydrogens (tertiary/aromatic N) is 2. The Hall–Kier alpha value is -0.830. The topological polar surface area (TPSA) is 29.9 Å². The maximum absolute atomic E-state index is 4.64. The zero-order valence-corrected chi connectivity index (χ0v) is 13.4. The van der Waals surface area contributed by atoms with Crippen molar-refractivity contribution in [2.75, 3.05) is 0 Å². The van der Waals surface area contributed by atoms with Gasteiger partial charge in [-0.05, 0) is 64.7 Å². The van der Waals surface area contributed by atoms with Gasteiger partial charge < -0.3 is 5.32 Å². The van der Waals surface area contributed by atoms with Gasteiger partial charge in [-0.25, -0.2) is 0 Å². The standard InChI is InChI=1S/C17H29N3/c1-12-16(9-18-17(2,3)4)10-19-20(12)11-15-8-13-5-6-14(15)7-13/h10,13-15,18H,5-9,11H2,1-4H3. The third-order valence-corrected chi connectivity index (χ3v) is 5.31. The molecule has 2 fully saturated rings. The van der Waals surface area contributed by atoms with Crippen molar-refractivity contribution in [2.45, 2.75) is 72.0 Å². The molecule has 0 aromatic carbocycles. The molecule has 0 radical (unpaired) electrons. The highest BCUT2D eigenvalue weighted by molar-refractivity contribution is 5.16. The molecule has 3 unspecified atom stereocenters. The molecular weight excluding hydrogens is 246 g/mol. The van der Waals surface area contributed by atoms with Gasteiger partial charge in [0, 0.05) is 29.9 Å². The Morgan fingerprint density at radius 2 is 2.10 bits per heavy atom. The first-order valence-electron chi connectivity index (χ1n) is 8.18. The molecule has 2 bridgehead atoms. The first-order chi connectivity index (χ1) is 9.42. The van der Waals surface area contributed by atoms with E-state index in [-0.39, 0.29) is 5.54 Å². The number of rotatable bonds is 4. The number of hydrogen-bond acceptors (Lipinski definition) is 2. The Kier molecular flexibility index (Phi) is 3.65. The lowest BCUT2D eigenvalue weighted by atomic mass is 9.89. The highest BCUT2D eigenvalue weighted by Crippen LogP contribution is 2.48. The van der Waals surface area contributed by atoms with Crippen LogP contribution in [0.15, 0.2) is 6.20 Å². The van der Waals surface area contributed by atoms with Gasteiger partial charge in [0.2, 0.25) is 0 Å². The summed E-state index contributed by atoms with van der Waals surface area (Å²) < 4.78 is 2.26. The van der Waals surface area contributed by atoms with Crippen LogP contribution in [0.4, 0.5) is 0 Å². The second-order valence-electron chi connectivity index (χ2n) is 7.98. The van der Waals surface area contributed by atoms with E-state index < -0.39 is 0 Å². The van der Waals surface area contributed by atoms with Crippen LogP contribution in [0.5, 0.6) is 0 Å². The van der Waals surface area contributed by atoms with Gasteiger partial charge in [-0.2, -0.15) is 5.10 Å². The molecule has 20 heavy (non-hydrogen) atoms. The molecule has 1 heterocycles. The average molecular weight is 275 g/mol. The zero-order chi connectivity index (χ0) is 14.3. The monoisotopic (exact) mass is 275 g/mol. The van der Waals surface area contributed by atoms with Crippen molar-refractivity contribution in [1.29, 1.82) is 0 Å². The summed E-state index contributed by atoms with van der Waals surface area (Å²) >= 11 is 0. The fourth-order valence-electron chi connectivity index (χ4n) is 4.03. The first kappa shape index (κ1) is 14.1. The van der Waals surface area contributed by atoms with Crippen molar-refractivity contribution in [2.24, 2.45) is 17.8 Å². The van der Waals surface area contributed by atoms with Crippen LogP contribution in [0.3, 0.4) is 0 Å². The van der Waals surface area contributed by atoms with E-state index in [0.717, 1.165) is 30.8 Å². The van der Waals surface area contributed by atoms with E-state index in [1.54, 1.807) is 0 Å². The largest absolute Gasteiger partial charge is 0.308 e. The normalized spacial score (nSPS) is 29.3. The molecule has 3 nitrogen and oxygen atoms in total. The van der Waals surface area contributed by atoms with Gasteiger partial charge in [-0.1, -0.05) is 6.42 Å². The van der Waals surface area contributed by atoms with Crippen LogP contribution in [0.2, 0.25) is 0 Å². The predicted molar refractivity (Wildman–Crippen MR) is 82.5 cm³/mol. The van der Waals surface area contributed by atoms with E-state index in [1.807, 2.05) is 0 Å². The van der Waals surface area contributed by atoms with E-state index >= 15 is 0 Å². The lowest BCUT2D eigenvalue weighted by Crippen LogP contribution is -2.35. The van der Waals surface area contributed by atoms with Gasteiger partial charge in [0.25, 0.3) is 0 Å². The van der Waals surface area contributed by atoms with E-state index in [2.05, 4.69) is 49.0 Å².